The molecule has 19 heavy (non-hydrogen) atoms. The zero-order valence-corrected chi connectivity index (χ0v) is 11.9. The summed E-state index contributed by atoms with van der Waals surface area (Å²) < 4.78 is 0. The molecular weight excluding hydrogens is 276 g/mol. The minimum Gasteiger partial charge on any atom is -0.227 e. The molecule has 0 saturated carbocycles. The van der Waals surface area contributed by atoms with Gasteiger partial charge in [-0.05, 0) is 18.4 Å². The van der Waals surface area contributed by atoms with Crippen LogP contribution in [0.4, 0.5) is 0 Å². The van der Waals surface area contributed by atoms with E-state index in [0.717, 1.165) is 21.7 Å². The van der Waals surface area contributed by atoms with Gasteiger partial charge in [0.15, 0.2) is 5.82 Å². The molecule has 0 amide bonds. The number of hydrogen-bond acceptors (Lipinski definition) is 3. The fourth-order valence-electron chi connectivity index (χ4n) is 1.88. The van der Waals surface area contributed by atoms with Gasteiger partial charge in [0.1, 0.15) is 5.15 Å². The number of rotatable bonds is 2. The van der Waals surface area contributed by atoms with Gasteiger partial charge in [-0.3, -0.25) is 0 Å². The Morgan fingerprint density at radius 3 is 2.47 bits per heavy atom. The summed E-state index contributed by atoms with van der Waals surface area (Å²) in [6.07, 6.45) is 0. The number of thiophene rings is 1. The van der Waals surface area contributed by atoms with Gasteiger partial charge in [0, 0.05) is 11.1 Å². The van der Waals surface area contributed by atoms with Crippen LogP contribution in [0.1, 0.15) is 5.56 Å². The van der Waals surface area contributed by atoms with Gasteiger partial charge in [0.05, 0.1) is 10.6 Å². The Balaban J connectivity index is 2.20. The Morgan fingerprint density at radius 1 is 1.00 bits per heavy atom. The van der Waals surface area contributed by atoms with Crippen molar-refractivity contribution >= 4 is 22.9 Å². The van der Waals surface area contributed by atoms with Crippen LogP contribution in [0.3, 0.4) is 0 Å². The molecule has 0 aliphatic rings. The lowest BCUT2D eigenvalue weighted by molar-refractivity contribution is 1.15. The minimum absolute atomic E-state index is 0.511. The van der Waals surface area contributed by atoms with Gasteiger partial charge in [-0.25, -0.2) is 9.97 Å². The minimum atomic E-state index is 0.511. The maximum absolute atomic E-state index is 6.24. The first kappa shape index (κ1) is 12.3. The number of nitrogens with zero attached hydrogens (tertiary/aromatic N) is 2. The van der Waals surface area contributed by atoms with Crippen LogP contribution in [-0.2, 0) is 0 Å². The molecule has 2 heterocycles. The summed E-state index contributed by atoms with van der Waals surface area (Å²) in [5.74, 6) is 0.685. The van der Waals surface area contributed by atoms with Crippen LogP contribution < -0.4 is 0 Å². The molecule has 2 nitrogen and oxygen atoms in total. The number of hydrogen-bond donors (Lipinski definition) is 0. The molecular formula is C15H11ClN2S. The molecule has 94 valence electrons. The average molecular weight is 287 g/mol. The van der Waals surface area contributed by atoms with Crippen molar-refractivity contribution in [2.45, 2.75) is 6.92 Å². The Labute approximate surface area is 120 Å². The molecule has 0 radical (unpaired) electrons. The normalized spacial score (nSPS) is 10.6. The zero-order chi connectivity index (χ0) is 13.2. The summed E-state index contributed by atoms with van der Waals surface area (Å²) in [6, 6.07) is 14.0. The lowest BCUT2D eigenvalue weighted by Crippen LogP contribution is -1.96. The first-order valence-electron chi connectivity index (χ1n) is 5.89. The number of benzene rings is 1. The van der Waals surface area contributed by atoms with E-state index in [4.69, 9.17) is 11.6 Å². The molecule has 0 unspecified atom stereocenters. The van der Waals surface area contributed by atoms with Crippen molar-refractivity contribution in [3.63, 3.8) is 0 Å². The highest BCUT2D eigenvalue weighted by Gasteiger charge is 2.12. The molecule has 0 bridgehead atoms. The molecule has 1 aromatic carbocycles. The molecule has 0 atom stereocenters. The third kappa shape index (κ3) is 2.39. The van der Waals surface area contributed by atoms with Gasteiger partial charge in [0.25, 0.3) is 0 Å². The van der Waals surface area contributed by atoms with E-state index >= 15 is 0 Å². The predicted octanol–water partition coefficient (Wildman–Crippen LogP) is 4.83. The maximum Gasteiger partial charge on any atom is 0.171 e. The van der Waals surface area contributed by atoms with Crippen molar-refractivity contribution in [3.8, 4) is 22.0 Å². The van der Waals surface area contributed by atoms with Crippen molar-refractivity contribution in [2.24, 2.45) is 0 Å². The smallest absolute Gasteiger partial charge is 0.171 e. The standard InChI is InChI=1S/C15H11ClN2S/c1-10-13(11-6-3-2-4-7-11)17-15(18-14(10)16)12-8-5-9-19-12/h2-9H,1H3. The van der Waals surface area contributed by atoms with E-state index in [1.807, 2.05) is 54.8 Å². The lowest BCUT2D eigenvalue weighted by atomic mass is 10.1. The molecule has 2 aromatic heterocycles. The molecule has 0 saturated heterocycles. The monoisotopic (exact) mass is 286 g/mol. The molecule has 3 rings (SSSR count). The summed E-state index contributed by atoms with van der Waals surface area (Å²) >= 11 is 7.85. The second-order valence-corrected chi connectivity index (χ2v) is 5.46. The van der Waals surface area contributed by atoms with Gasteiger partial charge in [-0.1, -0.05) is 48.0 Å². The maximum atomic E-state index is 6.24. The van der Waals surface area contributed by atoms with Crippen LogP contribution in [0.5, 0.6) is 0 Å². The first-order chi connectivity index (χ1) is 9.25. The summed E-state index contributed by atoms with van der Waals surface area (Å²) in [7, 11) is 0. The van der Waals surface area contributed by atoms with E-state index in [2.05, 4.69) is 9.97 Å². The van der Waals surface area contributed by atoms with Gasteiger partial charge < -0.3 is 0 Å². The van der Waals surface area contributed by atoms with E-state index < -0.39 is 0 Å². The highest BCUT2D eigenvalue weighted by atomic mass is 35.5. The van der Waals surface area contributed by atoms with Crippen LogP contribution in [0, 0.1) is 6.92 Å². The fraction of sp³-hybridized carbons (Fsp3) is 0.0667. The van der Waals surface area contributed by atoms with E-state index in [-0.39, 0.29) is 0 Å². The van der Waals surface area contributed by atoms with Crippen LogP contribution in [0.25, 0.3) is 22.0 Å². The molecule has 4 heteroatoms. The average Bonchev–Trinajstić information content (AvgIpc) is 2.97. The van der Waals surface area contributed by atoms with E-state index in [1.165, 1.54) is 0 Å². The van der Waals surface area contributed by atoms with E-state index in [9.17, 15) is 0 Å². The summed E-state index contributed by atoms with van der Waals surface area (Å²) in [5.41, 5.74) is 2.86. The summed E-state index contributed by atoms with van der Waals surface area (Å²) in [5, 5.41) is 2.52. The largest absolute Gasteiger partial charge is 0.227 e. The van der Waals surface area contributed by atoms with Crippen molar-refractivity contribution in [3.05, 3.63) is 58.6 Å². The highest BCUT2D eigenvalue weighted by molar-refractivity contribution is 7.13. The lowest BCUT2D eigenvalue weighted by Gasteiger charge is -2.08. The number of halogens is 1. The zero-order valence-electron chi connectivity index (χ0n) is 10.3. The Kier molecular flexibility index (Phi) is 3.32. The molecule has 0 spiro atoms. The quantitative estimate of drug-likeness (QED) is 0.630. The predicted molar refractivity (Wildman–Crippen MR) is 80.5 cm³/mol. The van der Waals surface area contributed by atoms with Crippen LogP contribution in [0.15, 0.2) is 47.8 Å². The Morgan fingerprint density at radius 2 is 1.79 bits per heavy atom. The third-order valence-corrected chi connectivity index (χ3v) is 4.11. The van der Waals surface area contributed by atoms with Gasteiger partial charge in [0.2, 0.25) is 0 Å². The summed E-state index contributed by atoms with van der Waals surface area (Å²) in [4.78, 5) is 10.1. The molecule has 0 fully saturated rings. The molecule has 0 N–H and O–H groups in total. The first-order valence-corrected chi connectivity index (χ1v) is 7.15. The van der Waals surface area contributed by atoms with Crippen LogP contribution in [-0.4, -0.2) is 9.97 Å². The topological polar surface area (TPSA) is 25.8 Å². The fourth-order valence-corrected chi connectivity index (χ4v) is 2.71. The Bertz CT molecular complexity index is 694. The van der Waals surface area contributed by atoms with Crippen molar-refractivity contribution in [2.75, 3.05) is 0 Å². The van der Waals surface area contributed by atoms with Crippen molar-refractivity contribution < 1.29 is 0 Å². The van der Waals surface area contributed by atoms with Gasteiger partial charge in [-0.2, -0.15) is 0 Å². The van der Waals surface area contributed by atoms with Crippen molar-refractivity contribution in [1.29, 1.82) is 0 Å². The third-order valence-electron chi connectivity index (χ3n) is 2.88. The molecule has 0 aliphatic carbocycles. The van der Waals surface area contributed by atoms with E-state index in [1.54, 1.807) is 11.3 Å². The number of aromatic nitrogens is 2. The van der Waals surface area contributed by atoms with Gasteiger partial charge in [-0.15, -0.1) is 11.3 Å². The second kappa shape index (κ2) is 5.11. The van der Waals surface area contributed by atoms with Crippen molar-refractivity contribution in [1.82, 2.24) is 9.97 Å². The highest BCUT2D eigenvalue weighted by Crippen LogP contribution is 2.30. The van der Waals surface area contributed by atoms with Gasteiger partial charge >= 0.3 is 0 Å². The van der Waals surface area contributed by atoms with Crippen LogP contribution >= 0.6 is 22.9 Å². The van der Waals surface area contributed by atoms with Crippen LogP contribution in [0.2, 0.25) is 5.15 Å². The molecule has 3 aromatic rings. The Hall–Kier alpha value is -1.71. The molecule has 0 aliphatic heterocycles. The second-order valence-electron chi connectivity index (χ2n) is 4.15. The van der Waals surface area contributed by atoms with E-state index in [0.29, 0.717) is 11.0 Å². The SMILES string of the molecule is Cc1c(Cl)nc(-c2cccs2)nc1-c1ccccc1. The summed E-state index contributed by atoms with van der Waals surface area (Å²) in [6.45, 7) is 1.95.